The van der Waals surface area contributed by atoms with Crippen LogP contribution >= 0.6 is 0 Å². The van der Waals surface area contributed by atoms with Crippen molar-refractivity contribution in [3.63, 3.8) is 0 Å². The van der Waals surface area contributed by atoms with Crippen molar-refractivity contribution in [2.24, 2.45) is 5.92 Å². The summed E-state index contributed by atoms with van der Waals surface area (Å²) < 4.78 is 1.73. The van der Waals surface area contributed by atoms with E-state index in [1.54, 1.807) is 23.3 Å². The zero-order valence-corrected chi connectivity index (χ0v) is 22.7. The van der Waals surface area contributed by atoms with Gasteiger partial charge < -0.3 is 4.98 Å². The molecule has 35 heavy (non-hydrogen) atoms. The third-order valence-electron chi connectivity index (χ3n) is 5.50. The van der Waals surface area contributed by atoms with E-state index in [2.05, 4.69) is 63.4 Å². The minimum Gasteiger partial charge on any atom is -0.312 e. The first kappa shape index (κ1) is 29.9. The molecular formula is C27H43N7O. The molecule has 8 nitrogen and oxygen atoms in total. The van der Waals surface area contributed by atoms with Gasteiger partial charge in [-0.05, 0) is 38.8 Å². The second-order valence-electron chi connectivity index (χ2n) is 8.41. The third kappa shape index (κ3) is 8.87. The number of aromatic nitrogens is 6. The number of H-pyrrole nitrogens is 1. The van der Waals surface area contributed by atoms with Gasteiger partial charge in [-0.3, -0.25) is 19.7 Å². The summed E-state index contributed by atoms with van der Waals surface area (Å²) >= 11 is 0. The molecule has 8 heteroatoms. The molecule has 3 rings (SSSR count). The van der Waals surface area contributed by atoms with E-state index < -0.39 is 0 Å². The molecule has 0 aliphatic rings. The molecule has 0 radical (unpaired) electrons. The summed E-state index contributed by atoms with van der Waals surface area (Å²) in [7, 11) is 0. The topological polar surface area (TPSA) is 92.6 Å². The zero-order valence-electron chi connectivity index (χ0n) is 22.7. The number of aromatic amines is 1. The summed E-state index contributed by atoms with van der Waals surface area (Å²) in [5.41, 5.74) is 3.64. The molecule has 0 saturated carbocycles. The van der Waals surface area contributed by atoms with Gasteiger partial charge >= 0.3 is 0 Å². The van der Waals surface area contributed by atoms with E-state index in [-0.39, 0.29) is 11.6 Å². The van der Waals surface area contributed by atoms with Gasteiger partial charge in [0.2, 0.25) is 0 Å². The molecule has 0 aliphatic heterocycles. The Morgan fingerprint density at radius 2 is 1.86 bits per heavy atom. The first-order chi connectivity index (χ1) is 16.8. The summed E-state index contributed by atoms with van der Waals surface area (Å²) in [6.07, 6.45) is 11.5. The van der Waals surface area contributed by atoms with Gasteiger partial charge in [0.05, 0.1) is 23.9 Å². The van der Waals surface area contributed by atoms with Crippen LogP contribution < -0.4 is 5.56 Å². The number of nitrogens with one attached hydrogen (secondary N) is 1. The zero-order chi connectivity index (χ0) is 26.4. The second kappa shape index (κ2) is 15.7. The normalized spacial score (nSPS) is 12.1. The summed E-state index contributed by atoms with van der Waals surface area (Å²) in [4.78, 5) is 29.1. The lowest BCUT2D eigenvalue weighted by Gasteiger charge is -2.25. The molecule has 1 unspecified atom stereocenters. The highest BCUT2D eigenvalue weighted by molar-refractivity contribution is 5.72. The first-order valence-corrected chi connectivity index (χ1v) is 12.5. The van der Waals surface area contributed by atoms with E-state index in [4.69, 9.17) is 0 Å². The second-order valence-corrected chi connectivity index (χ2v) is 8.41. The number of hydrogen-bond donors (Lipinski definition) is 1. The predicted molar refractivity (Wildman–Crippen MR) is 146 cm³/mol. The number of nitrogens with zero attached hydrogens (tertiary/aromatic N) is 6. The Balaban J connectivity index is 0.000000350. The van der Waals surface area contributed by atoms with Crippen LogP contribution in [-0.2, 0) is 0 Å². The maximum absolute atomic E-state index is 11.3. The van der Waals surface area contributed by atoms with Gasteiger partial charge in [0.15, 0.2) is 5.65 Å². The number of likely N-dealkylation sites (N-methyl/N-ethyl adjacent to an activating group) is 1. The Labute approximate surface area is 210 Å². The van der Waals surface area contributed by atoms with Crippen LogP contribution in [-0.4, -0.2) is 54.3 Å². The van der Waals surface area contributed by atoms with Gasteiger partial charge in [-0.15, -0.1) is 0 Å². The van der Waals surface area contributed by atoms with Crippen molar-refractivity contribution in [3.8, 4) is 0 Å². The Morgan fingerprint density at radius 1 is 1.17 bits per heavy atom. The molecule has 0 amide bonds. The SMILES string of the molecule is C=C/C=C(/CN(CC)CC(C)CC)c1nccnc1C.CC.CC(C)n1ncc2c(=O)[nH]cnc21. The van der Waals surface area contributed by atoms with Gasteiger partial charge in [-0.25, -0.2) is 9.67 Å². The molecule has 3 heterocycles. The largest absolute Gasteiger partial charge is 0.312 e. The average molecular weight is 482 g/mol. The Bertz CT molecular complexity index is 1110. The van der Waals surface area contributed by atoms with Gasteiger partial charge in [-0.2, -0.15) is 5.10 Å². The Kier molecular flexibility index (Phi) is 13.4. The van der Waals surface area contributed by atoms with Gasteiger partial charge in [0, 0.05) is 31.5 Å². The molecule has 0 aliphatic carbocycles. The fourth-order valence-corrected chi connectivity index (χ4v) is 3.44. The predicted octanol–water partition coefficient (Wildman–Crippen LogP) is 5.45. The highest BCUT2D eigenvalue weighted by atomic mass is 16.1. The van der Waals surface area contributed by atoms with Crippen molar-refractivity contribution >= 4 is 16.6 Å². The monoisotopic (exact) mass is 481 g/mol. The van der Waals surface area contributed by atoms with Crippen molar-refractivity contribution in [2.45, 2.75) is 67.9 Å². The summed E-state index contributed by atoms with van der Waals surface area (Å²) in [5, 5.41) is 4.63. The fraction of sp³-hybridized carbons (Fsp3) is 0.519. The maximum atomic E-state index is 11.3. The van der Waals surface area contributed by atoms with Gasteiger partial charge in [0.25, 0.3) is 5.56 Å². The van der Waals surface area contributed by atoms with Crippen LogP contribution in [0.1, 0.15) is 72.3 Å². The lowest BCUT2D eigenvalue weighted by atomic mass is 10.1. The number of aryl methyl sites for hydroxylation is 1. The molecule has 1 atom stereocenters. The van der Waals surface area contributed by atoms with Crippen molar-refractivity contribution in [3.05, 3.63) is 65.4 Å². The minimum atomic E-state index is -0.142. The molecular weight excluding hydrogens is 438 g/mol. The molecule has 3 aromatic heterocycles. The quantitative estimate of drug-likeness (QED) is 0.409. The molecule has 0 saturated heterocycles. The number of fused-ring (bicyclic) bond motifs is 1. The van der Waals surface area contributed by atoms with E-state index in [9.17, 15) is 4.79 Å². The van der Waals surface area contributed by atoms with E-state index in [0.29, 0.717) is 17.0 Å². The number of hydrogen-bond acceptors (Lipinski definition) is 6. The third-order valence-corrected chi connectivity index (χ3v) is 5.50. The fourth-order valence-electron chi connectivity index (χ4n) is 3.44. The summed E-state index contributed by atoms with van der Waals surface area (Å²) in [6.45, 7) is 23.6. The van der Waals surface area contributed by atoms with Crippen LogP contribution in [0.25, 0.3) is 16.6 Å². The molecule has 3 aromatic rings. The van der Waals surface area contributed by atoms with Crippen LogP contribution in [0.5, 0.6) is 0 Å². The van der Waals surface area contributed by atoms with Gasteiger partial charge in [-0.1, -0.05) is 59.8 Å². The van der Waals surface area contributed by atoms with Crippen LogP contribution in [0.4, 0.5) is 0 Å². The Hall–Kier alpha value is -3.13. The number of allylic oxidation sites excluding steroid dienone is 2. The van der Waals surface area contributed by atoms with Crippen molar-refractivity contribution in [1.29, 1.82) is 0 Å². The van der Waals surface area contributed by atoms with Crippen LogP contribution in [0.15, 0.2) is 48.4 Å². The Morgan fingerprint density at radius 3 is 2.43 bits per heavy atom. The highest BCUT2D eigenvalue weighted by Gasteiger charge is 2.13. The standard InChI is InChI=1S/C17H27N3.C8H10N4O.C2H6/c1-6-9-16(17-15(5)18-10-11-19-17)13-20(8-3)12-14(4)7-2;1-5(2)12-7-6(3-11-12)8(13)10-4-9-7;1-2/h6,9-11,14H,1,7-8,12-13H2,2-5H3;3-5H,1-2H3,(H,9,10,13);1-2H3/b16-9-;;. The molecule has 0 aromatic carbocycles. The molecule has 0 spiro atoms. The van der Waals surface area contributed by atoms with E-state index in [0.717, 1.165) is 31.0 Å². The van der Waals surface area contributed by atoms with Crippen molar-refractivity contribution < 1.29 is 0 Å². The maximum Gasteiger partial charge on any atom is 0.261 e. The number of rotatable bonds is 9. The van der Waals surface area contributed by atoms with E-state index in [1.807, 2.05) is 40.7 Å². The molecule has 1 N–H and O–H groups in total. The van der Waals surface area contributed by atoms with Gasteiger partial charge in [0.1, 0.15) is 5.39 Å². The molecule has 0 bridgehead atoms. The smallest absolute Gasteiger partial charge is 0.261 e. The first-order valence-electron chi connectivity index (χ1n) is 12.5. The lowest BCUT2D eigenvalue weighted by Crippen LogP contribution is -2.30. The lowest BCUT2D eigenvalue weighted by molar-refractivity contribution is 0.273. The van der Waals surface area contributed by atoms with Crippen molar-refractivity contribution in [1.82, 2.24) is 34.6 Å². The minimum absolute atomic E-state index is 0.142. The van der Waals surface area contributed by atoms with Crippen LogP contribution in [0.3, 0.4) is 0 Å². The average Bonchev–Trinajstić information content (AvgIpc) is 3.31. The molecule has 192 valence electrons. The highest BCUT2D eigenvalue weighted by Crippen LogP contribution is 2.17. The summed E-state index contributed by atoms with van der Waals surface area (Å²) in [6, 6.07) is 0.215. The van der Waals surface area contributed by atoms with Crippen LogP contribution in [0.2, 0.25) is 0 Å². The van der Waals surface area contributed by atoms with Crippen LogP contribution in [0, 0.1) is 12.8 Å². The van der Waals surface area contributed by atoms with Crippen molar-refractivity contribution in [2.75, 3.05) is 19.6 Å². The summed E-state index contributed by atoms with van der Waals surface area (Å²) in [5.74, 6) is 0.711. The van der Waals surface area contributed by atoms with E-state index >= 15 is 0 Å². The van der Waals surface area contributed by atoms with E-state index in [1.165, 1.54) is 18.3 Å². The molecule has 0 fully saturated rings.